The Morgan fingerprint density at radius 1 is 0.967 bits per heavy atom. The third-order valence-electron chi connectivity index (χ3n) is 4.50. The molecule has 7 nitrogen and oxygen atoms in total. The first-order valence-corrected chi connectivity index (χ1v) is 10.5. The van der Waals surface area contributed by atoms with Crippen LogP contribution in [0.15, 0.2) is 36.4 Å². The standard InChI is InChI=1S/C23H29N3O4/c1-5-13-26-18-12-10-9-11-17(18)24-23(26)25-22(27)16-14-19(28-6-2)21(30-8-4)20(15-16)29-7-3/h9-12,14-15H,5-8,13H2,1-4H3,(H,24,25,27). The molecule has 160 valence electrons. The minimum absolute atomic E-state index is 0.285. The van der Waals surface area contributed by atoms with Gasteiger partial charge in [0.25, 0.3) is 5.91 Å². The molecule has 0 aliphatic rings. The molecule has 0 atom stereocenters. The second kappa shape index (κ2) is 10.0. The van der Waals surface area contributed by atoms with E-state index in [1.807, 2.05) is 49.6 Å². The highest BCUT2D eigenvalue weighted by Gasteiger charge is 2.20. The van der Waals surface area contributed by atoms with E-state index in [4.69, 9.17) is 14.2 Å². The van der Waals surface area contributed by atoms with Crippen LogP contribution in [0.25, 0.3) is 11.0 Å². The molecule has 0 unspecified atom stereocenters. The smallest absolute Gasteiger partial charge is 0.258 e. The van der Waals surface area contributed by atoms with Crippen molar-refractivity contribution < 1.29 is 19.0 Å². The van der Waals surface area contributed by atoms with Crippen LogP contribution < -0.4 is 19.5 Å². The molecule has 0 radical (unpaired) electrons. The van der Waals surface area contributed by atoms with Crippen LogP contribution in [0.5, 0.6) is 17.2 Å². The fourth-order valence-corrected chi connectivity index (χ4v) is 3.31. The van der Waals surface area contributed by atoms with E-state index in [9.17, 15) is 4.79 Å². The lowest BCUT2D eigenvalue weighted by atomic mass is 10.1. The van der Waals surface area contributed by atoms with Crippen LogP contribution in [0.3, 0.4) is 0 Å². The lowest BCUT2D eigenvalue weighted by Gasteiger charge is -2.17. The van der Waals surface area contributed by atoms with E-state index in [1.54, 1.807) is 12.1 Å². The van der Waals surface area contributed by atoms with Crippen molar-refractivity contribution in [2.24, 2.45) is 0 Å². The molecule has 1 heterocycles. The monoisotopic (exact) mass is 411 g/mol. The van der Waals surface area contributed by atoms with Gasteiger partial charge < -0.3 is 18.8 Å². The van der Waals surface area contributed by atoms with Crippen molar-refractivity contribution in [1.29, 1.82) is 0 Å². The number of carbonyl (C=O) groups is 1. The second-order valence-electron chi connectivity index (χ2n) is 6.63. The van der Waals surface area contributed by atoms with Crippen molar-refractivity contribution in [1.82, 2.24) is 9.55 Å². The molecule has 7 heteroatoms. The normalized spacial score (nSPS) is 10.8. The number of para-hydroxylation sites is 2. The highest BCUT2D eigenvalue weighted by Crippen LogP contribution is 2.39. The summed E-state index contributed by atoms with van der Waals surface area (Å²) < 4.78 is 19.2. The Labute approximate surface area is 177 Å². The summed E-state index contributed by atoms with van der Waals surface area (Å²) in [6.45, 7) is 9.87. The molecule has 0 saturated carbocycles. The number of hydrogen-bond acceptors (Lipinski definition) is 5. The summed E-state index contributed by atoms with van der Waals surface area (Å²) in [7, 11) is 0. The molecular formula is C23H29N3O4. The van der Waals surface area contributed by atoms with E-state index in [0.29, 0.717) is 48.6 Å². The van der Waals surface area contributed by atoms with Gasteiger partial charge in [-0.2, -0.15) is 0 Å². The van der Waals surface area contributed by atoms with Gasteiger partial charge in [0.2, 0.25) is 11.7 Å². The van der Waals surface area contributed by atoms with Gasteiger partial charge in [0.15, 0.2) is 11.5 Å². The fourth-order valence-electron chi connectivity index (χ4n) is 3.31. The minimum atomic E-state index is -0.285. The number of hydrogen-bond donors (Lipinski definition) is 1. The van der Waals surface area contributed by atoms with Crippen molar-refractivity contribution in [3.8, 4) is 17.2 Å². The van der Waals surface area contributed by atoms with Crippen LogP contribution in [0.4, 0.5) is 5.95 Å². The van der Waals surface area contributed by atoms with Gasteiger partial charge in [-0.3, -0.25) is 10.1 Å². The maximum atomic E-state index is 13.1. The lowest BCUT2D eigenvalue weighted by Crippen LogP contribution is -2.17. The van der Waals surface area contributed by atoms with Gasteiger partial charge >= 0.3 is 0 Å². The van der Waals surface area contributed by atoms with Gasteiger partial charge in [0, 0.05) is 12.1 Å². The molecule has 1 N–H and O–H groups in total. The quantitative estimate of drug-likeness (QED) is 0.514. The van der Waals surface area contributed by atoms with E-state index < -0.39 is 0 Å². The van der Waals surface area contributed by atoms with E-state index in [1.165, 1.54) is 0 Å². The minimum Gasteiger partial charge on any atom is -0.490 e. The molecule has 1 aromatic heterocycles. The van der Waals surface area contributed by atoms with Crippen LogP contribution in [0.2, 0.25) is 0 Å². The average molecular weight is 412 g/mol. The Bertz CT molecular complexity index is 986. The summed E-state index contributed by atoms with van der Waals surface area (Å²) in [6, 6.07) is 11.2. The van der Waals surface area contributed by atoms with Crippen LogP contribution in [-0.4, -0.2) is 35.3 Å². The molecule has 0 aliphatic heterocycles. The Balaban J connectivity index is 1.98. The number of amides is 1. The van der Waals surface area contributed by atoms with Gasteiger partial charge in [-0.15, -0.1) is 0 Å². The van der Waals surface area contributed by atoms with Crippen molar-refractivity contribution in [3.05, 3.63) is 42.0 Å². The molecule has 3 aromatic rings. The highest BCUT2D eigenvalue weighted by molar-refractivity contribution is 6.05. The van der Waals surface area contributed by atoms with Crippen molar-refractivity contribution in [3.63, 3.8) is 0 Å². The topological polar surface area (TPSA) is 74.6 Å². The van der Waals surface area contributed by atoms with E-state index >= 15 is 0 Å². The first-order chi connectivity index (χ1) is 14.6. The Hall–Kier alpha value is -3.22. The number of imidazole rings is 1. The van der Waals surface area contributed by atoms with Gasteiger partial charge in [-0.1, -0.05) is 19.1 Å². The lowest BCUT2D eigenvalue weighted by molar-refractivity contribution is 0.102. The van der Waals surface area contributed by atoms with Crippen LogP contribution in [-0.2, 0) is 6.54 Å². The third-order valence-corrected chi connectivity index (χ3v) is 4.50. The number of nitrogens with one attached hydrogen (secondary N) is 1. The predicted molar refractivity (Wildman–Crippen MR) is 118 cm³/mol. The maximum Gasteiger partial charge on any atom is 0.258 e. The maximum absolute atomic E-state index is 13.1. The number of carbonyl (C=O) groups excluding carboxylic acids is 1. The molecule has 3 rings (SSSR count). The summed E-state index contributed by atoms with van der Waals surface area (Å²) in [5.74, 6) is 1.71. The molecule has 0 saturated heterocycles. The molecule has 30 heavy (non-hydrogen) atoms. The largest absolute Gasteiger partial charge is 0.490 e. The number of anilines is 1. The average Bonchev–Trinajstić information content (AvgIpc) is 3.08. The van der Waals surface area contributed by atoms with Crippen LogP contribution in [0, 0.1) is 0 Å². The molecular weight excluding hydrogens is 382 g/mol. The molecule has 0 fully saturated rings. The fraction of sp³-hybridized carbons (Fsp3) is 0.391. The summed E-state index contributed by atoms with van der Waals surface area (Å²) in [5.41, 5.74) is 2.25. The Morgan fingerprint density at radius 3 is 2.20 bits per heavy atom. The third kappa shape index (κ3) is 4.50. The second-order valence-corrected chi connectivity index (χ2v) is 6.63. The zero-order valence-electron chi connectivity index (χ0n) is 18.0. The SMILES string of the molecule is CCCn1c(NC(=O)c2cc(OCC)c(OCC)c(OCC)c2)nc2ccccc21. The van der Waals surface area contributed by atoms with E-state index in [0.717, 1.165) is 24.0 Å². The molecule has 0 bridgehead atoms. The number of nitrogens with zero attached hydrogens (tertiary/aromatic N) is 2. The number of fused-ring (bicyclic) bond motifs is 1. The van der Waals surface area contributed by atoms with E-state index in [-0.39, 0.29) is 5.91 Å². The summed E-state index contributed by atoms with van der Waals surface area (Å²) in [5, 5.41) is 2.95. The zero-order chi connectivity index (χ0) is 21.5. The Kier molecular flexibility index (Phi) is 7.17. The predicted octanol–water partition coefficient (Wildman–Crippen LogP) is 4.89. The van der Waals surface area contributed by atoms with Crippen LogP contribution in [0.1, 0.15) is 44.5 Å². The van der Waals surface area contributed by atoms with Crippen molar-refractivity contribution in [2.75, 3.05) is 25.1 Å². The van der Waals surface area contributed by atoms with Gasteiger partial charge in [-0.05, 0) is 51.5 Å². The summed E-state index contributed by atoms with van der Waals surface area (Å²) >= 11 is 0. The molecule has 0 spiro atoms. The zero-order valence-corrected chi connectivity index (χ0v) is 18.0. The molecule has 2 aromatic carbocycles. The van der Waals surface area contributed by atoms with Crippen LogP contribution >= 0.6 is 0 Å². The van der Waals surface area contributed by atoms with Gasteiger partial charge in [-0.25, -0.2) is 4.98 Å². The first-order valence-electron chi connectivity index (χ1n) is 10.5. The number of rotatable bonds is 10. The number of aromatic nitrogens is 2. The number of aryl methyl sites for hydroxylation is 1. The Morgan fingerprint density at radius 2 is 1.60 bits per heavy atom. The van der Waals surface area contributed by atoms with E-state index in [2.05, 4.69) is 17.2 Å². The van der Waals surface area contributed by atoms with Gasteiger partial charge in [0.1, 0.15) is 0 Å². The number of ether oxygens (including phenoxy) is 3. The summed E-state index contributed by atoms with van der Waals surface area (Å²) in [6.07, 6.45) is 0.926. The van der Waals surface area contributed by atoms with Gasteiger partial charge in [0.05, 0.1) is 30.9 Å². The first kappa shape index (κ1) is 21.5. The highest BCUT2D eigenvalue weighted by atomic mass is 16.5. The number of benzene rings is 2. The van der Waals surface area contributed by atoms with Crippen molar-refractivity contribution in [2.45, 2.75) is 40.7 Å². The molecule has 0 aliphatic carbocycles. The summed E-state index contributed by atoms with van der Waals surface area (Å²) in [4.78, 5) is 17.7. The van der Waals surface area contributed by atoms with Crippen molar-refractivity contribution >= 4 is 22.9 Å². The molecule has 1 amide bonds.